The zero-order valence-electron chi connectivity index (χ0n) is 12.5. The summed E-state index contributed by atoms with van der Waals surface area (Å²) < 4.78 is 5.40. The van der Waals surface area contributed by atoms with Crippen molar-refractivity contribution in [2.45, 2.75) is 51.0 Å². The van der Waals surface area contributed by atoms with E-state index in [1.807, 2.05) is 30.3 Å². The van der Waals surface area contributed by atoms with Gasteiger partial charge < -0.3 is 10.3 Å². The van der Waals surface area contributed by atoms with Gasteiger partial charge in [0.2, 0.25) is 5.89 Å². The van der Waals surface area contributed by atoms with Crippen molar-refractivity contribution in [3.8, 4) is 0 Å². The standard InChI is InChI=1S/C17H23N3O/c1-12-6-5-9-14(10-12)17-19-16(21-20-17)11-15(18)13-7-3-2-4-8-13/h2-4,7-8,12,14-15H,5-6,9-11,18H2,1H3. The van der Waals surface area contributed by atoms with Crippen molar-refractivity contribution in [1.29, 1.82) is 0 Å². The first-order valence-electron chi connectivity index (χ1n) is 7.85. The first-order chi connectivity index (χ1) is 10.2. The lowest BCUT2D eigenvalue weighted by atomic mass is 9.82. The lowest BCUT2D eigenvalue weighted by molar-refractivity contribution is 0.318. The van der Waals surface area contributed by atoms with Crippen LogP contribution in [0.1, 0.15) is 61.8 Å². The Bertz CT molecular complexity index is 566. The van der Waals surface area contributed by atoms with Crippen molar-refractivity contribution in [3.05, 3.63) is 47.6 Å². The first kappa shape index (κ1) is 14.3. The fourth-order valence-corrected chi connectivity index (χ4v) is 3.19. The van der Waals surface area contributed by atoms with Crippen LogP contribution in [-0.2, 0) is 6.42 Å². The zero-order valence-corrected chi connectivity index (χ0v) is 12.5. The predicted octanol–water partition coefficient (Wildman–Crippen LogP) is 3.61. The third kappa shape index (κ3) is 3.50. The minimum absolute atomic E-state index is 0.0928. The summed E-state index contributed by atoms with van der Waals surface area (Å²) in [4.78, 5) is 4.58. The molecule has 4 nitrogen and oxygen atoms in total. The van der Waals surface area contributed by atoms with Crippen LogP contribution in [-0.4, -0.2) is 10.1 Å². The Hall–Kier alpha value is -1.68. The molecule has 0 spiro atoms. The molecule has 2 aromatic rings. The van der Waals surface area contributed by atoms with Gasteiger partial charge in [0, 0.05) is 18.4 Å². The Morgan fingerprint density at radius 3 is 2.86 bits per heavy atom. The van der Waals surface area contributed by atoms with Gasteiger partial charge in [-0.05, 0) is 24.3 Å². The zero-order chi connectivity index (χ0) is 14.7. The summed E-state index contributed by atoms with van der Waals surface area (Å²) in [7, 11) is 0. The summed E-state index contributed by atoms with van der Waals surface area (Å²) >= 11 is 0. The normalized spacial score (nSPS) is 23.9. The van der Waals surface area contributed by atoms with Crippen molar-refractivity contribution >= 4 is 0 Å². The molecule has 112 valence electrons. The van der Waals surface area contributed by atoms with Gasteiger partial charge >= 0.3 is 0 Å². The predicted molar refractivity (Wildman–Crippen MR) is 81.7 cm³/mol. The molecule has 3 rings (SSSR count). The van der Waals surface area contributed by atoms with Gasteiger partial charge in [0.15, 0.2) is 5.82 Å². The van der Waals surface area contributed by atoms with Crippen LogP contribution in [0.3, 0.4) is 0 Å². The second-order valence-electron chi connectivity index (χ2n) is 6.24. The van der Waals surface area contributed by atoms with E-state index < -0.39 is 0 Å². The highest BCUT2D eigenvalue weighted by Crippen LogP contribution is 2.34. The van der Waals surface area contributed by atoms with Gasteiger partial charge in [-0.3, -0.25) is 0 Å². The summed E-state index contributed by atoms with van der Waals surface area (Å²) in [5.74, 6) is 2.74. The van der Waals surface area contributed by atoms with E-state index in [1.54, 1.807) is 0 Å². The molecule has 2 N–H and O–H groups in total. The van der Waals surface area contributed by atoms with Crippen molar-refractivity contribution in [1.82, 2.24) is 10.1 Å². The maximum absolute atomic E-state index is 6.21. The van der Waals surface area contributed by atoms with Crippen molar-refractivity contribution in [2.24, 2.45) is 11.7 Å². The Morgan fingerprint density at radius 2 is 2.10 bits per heavy atom. The van der Waals surface area contributed by atoms with Crippen LogP contribution in [0.25, 0.3) is 0 Å². The molecule has 3 unspecified atom stereocenters. The van der Waals surface area contributed by atoms with Crippen molar-refractivity contribution in [2.75, 3.05) is 0 Å². The van der Waals surface area contributed by atoms with Crippen molar-refractivity contribution < 1.29 is 4.52 Å². The molecule has 1 saturated carbocycles. The Labute approximate surface area is 125 Å². The number of benzene rings is 1. The number of hydrogen-bond donors (Lipinski definition) is 1. The summed E-state index contributed by atoms with van der Waals surface area (Å²) in [6.07, 6.45) is 5.52. The van der Waals surface area contributed by atoms with E-state index in [4.69, 9.17) is 10.3 Å². The molecule has 4 heteroatoms. The second kappa shape index (κ2) is 6.39. The maximum atomic E-state index is 6.21. The quantitative estimate of drug-likeness (QED) is 0.932. The van der Waals surface area contributed by atoms with Crippen LogP contribution in [0.2, 0.25) is 0 Å². The SMILES string of the molecule is CC1CCCC(c2noc(CC(N)c3ccccc3)n2)C1. The lowest BCUT2D eigenvalue weighted by Gasteiger charge is -2.23. The Morgan fingerprint density at radius 1 is 1.29 bits per heavy atom. The molecule has 1 aromatic heterocycles. The molecule has 0 aliphatic heterocycles. The molecular weight excluding hydrogens is 262 g/mol. The van der Waals surface area contributed by atoms with Gasteiger partial charge in [-0.1, -0.05) is 55.3 Å². The minimum atomic E-state index is -0.0928. The van der Waals surface area contributed by atoms with E-state index in [9.17, 15) is 0 Å². The highest BCUT2D eigenvalue weighted by Gasteiger charge is 2.25. The third-order valence-corrected chi connectivity index (χ3v) is 4.41. The summed E-state index contributed by atoms with van der Waals surface area (Å²) in [5.41, 5.74) is 7.31. The topological polar surface area (TPSA) is 64.9 Å². The molecule has 3 atom stereocenters. The smallest absolute Gasteiger partial charge is 0.228 e. The molecule has 21 heavy (non-hydrogen) atoms. The van der Waals surface area contributed by atoms with Gasteiger partial charge in [-0.25, -0.2) is 0 Å². The molecule has 1 aliphatic rings. The fraction of sp³-hybridized carbons (Fsp3) is 0.529. The van der Waals surface area contributed by atoms with E-state index in [0.29, 0.717) is 18.2 Å². The van der Waals surface area contributed by atoms with Gasteiger partial charge in [0.1, 0.15) is 0 Å². The minimum Gasteiger partial charge on any atom is -0.339 e. The van der Waals surface area contributed by atoms with Crippen LogP contribution in [0.15, 0.2) is 34.9 Å². The largest absolute Gasteiger partial charge is 0.339 e. The van der Waals surface area contributed by atoms with E-state index in [-0.39, 0.29) is 6.04 Å². The Balaban J connectivity index is 1.65. The van der Waals surface area contributed by atoms with Gasteiger partial charge in [0.25, 0.3) is 0 Å². The van der Waals surface area contributed by atoms with E-state index in [2.05, 4.69) is 17.1 Å². The van der Waals surface area contributed by atoms with E-state index >= 15 is 0 Å². The van der Waals surface area contributed by atoms with Gasteiger partial charge in [0.05, 0.1) is 0 Å². The summed E-state index contributed by atoms with van der Waals surface area (Å²) in [5, 5.41) is 4.18. The van der Waals surface area contributed by atoms with Gasteiger partial charge in [-0.15, -0.1) is 0 Å². The lowest BCUT2D eigenvalue weighted by Crippen LogP contribution is -2.14. The molecule has 1 heterocycles. The van der Waals surface area contributed by atoms with Crippen LogP contribution in [0, 0.1) is 5.92 Å². The molecular formula is C17H23N3O. The summed E-state index contributed by atoms with van der Waals surface area (Å²) in [6, 6.07) is 9.96. The fourth-order valence-electron chi connectivity index (χ4n) is 3.19. The maximum Gasteiger partial charge on any atom is 0.228 e. The highest BCUT2D eigenvalue weighted by atomic mass is 16.5. The molecule has 0 bridgehead atoms. The average molecular weight is 285 g/mol. The third-order valence-electron chi connectivity index (χ3n) is 4.41. The molecule has 1 fully saturated rings. The molecule has 1 aliphatic carbocycles. The highest BCUT2D eigenvalue weighted by molar-refractivity contribution is 5.19. The van der Waals surface area contributed by atoms with Crippen LogP contribution in [0.5, 0.6) is 0 Å². The van der Waals surface area contributed by atoms with Crippen LogP contribution in [0.4, 0.5) is 0 Å². The molecule has 0 radical (unpaired) electrons. The van der Waals surface area contributed by atoms with Crippen LogP contribution >= 0.6 is 0 Å². The van der Waals surface area contributed by atoms with Crippen molar-refractivity contribution in [3.63, 3.8) is 0 Å². The number of nitrogens with zero attached hydrogens (tertiary/aromatic N) is 2. The molecule has 0 saturated heterocycles. The first-order valence-corrected chi connectivity index (χ1v) is 7.85. The second-order valence-corrected chi connectivity index (χ2v) is 6.24. The number of nitrogens with two attached hydrogens (primary N) is 1. The number of hydrogen-bond acceptors (Lipinski definition) is 4. The Kier molecular flexibility index (Phi) is 4.34. The number of rotatable bonds is 4. The molecule has 0 amide bonds. The monoisotopic (exact) mass is 285 g/mol. The molecule has 1 aromatic carbocycles. The van der Waals surface area contributed by atoms with E-state index in [1.165, 1.54) is 25.7 Å². The summed E-state index contributed by atoms with van der Waals surface area (Å²) in [6.45, 7) is 2.30. The number of aromatic nitrogens is 2. The van der Waals surface area contributed by atoms with E-state index in [0.717, 1.165) is 17.3 Å². The van der Waals surface area contributed by atoms with Gasteiger partial charge in [-0.2, -0.15) is 4.98 Å². The average Bonchev–Trinajstić information content (AvgIpc) is 2.97. The van der Waals surface area contributed by atoms with Crippen LogP contribution < -0.4 is 5.73 Å².